The van der Waals surface area contributed by atoms with Crippen LogP contribution in [0.25, 0.3) is 10.8 Å². The summed E-state index contributed by atoms with van der Waals surface area (Å²) in [6.45, 7) is 5.87. The molecular formula is C18H21N5O2S. The molecular weight excluding hydrogens is 350 g/mol. The lowest BCUT2D eigenvalue weighted by molar-refractivity contribution is -0.117. The number of aryl methyl sites for hydroxylation is 1. The molecule has 0 atom stereocenters. The van der Waals surface area contributed by atoms with E-state index in [1.165, 1.54) is 16.0 Å². The number of aromatic nitrogens is 4. The van der Waals surface area contributed by atoms with Crippen LogP contribution in [0.5, 0.6) is 0 Å². The summed E-state index contributed by atoms with van der Waals surface area (Å²) < 4.78 is 1.19. The van der Waals surface area contributed by atoms with E-state index in [1.807, 2.05) is 19.1 Å². The second-order valence-corrected chi connectivity index (χ2v) is 7.11. The first-order valence-corrected chi connectivity index (χ1v) is 9.44. The largest absolute Gasteiger partial charge is 0.299 e. The van der Waals surface area contributed by atoms with Crippen LogP contribution in [0.2, 0.25) is 0 Å². The molecule has 0 radical (unpaired) electrons. The van der Waals surface area contributed by atoms with Crippen LogP contribution in [0.15, 0.2) is 29.1 Å². The average Bonchev–Trinajstić information content (AvgIpc) is 3.08. The molecule has 1 aromatic carbocycles. The highest BCUT2D eigenvalue weighted by Gasteiger charge is 2.16. The van der Waals surface area contributed by atoms with Gasteiger partial charge in [-0.1, -0.05) is 43.4 Å². The van der Waals surface area contributed by atoms with E-state index < -0.39 is 0 Å². The first-order valence-electron chi connectivity index (χ1n) is 8.63. The van der Waals surface area contributed by atoms with Crippen molar-refractivity contribution in [2.24, 2.45) is 0 Å². The Hall–Kier alpha value is -2.61. The summed E-state index contributed by atoms with van der Waals surface area (Å²) in [6.07, 6.45) is 1.96. The van der Waals surface area contributed by atoms with Crippen molar-refractivity contribution in [3.05, 3.63) is 45.3 Å². The second kappa shape index (κ2) is 7.74. The number of carbonyl (C=O) groups is 1. The van der Waals surface area contributed by atoms with E-state index in [1.54, 1.807) is 12.1 Å². The molecule has 2 heterocycles. The Morgan fingerprint density at radius 1 is 1.19 bits per heavy atom. The quantitative estimate of drug-likeness (QED) is 0.719. The minimum atomic E-state index is -0.346. The molecule has 3 rings (SSSR count). The number of carbonyl (C=O) groups excluding carboxylic acids is 1. The van der Waals surface area contributed by atoms with Crippen LogP contribution < -0.4 is 10.9 Å². The molecule has 1 N–H and O–H groups in total. The van der Waals surface area contributed by atoms with Gasteiger partial charge in [0.2, 0.25) is 11.0 Å². The number of anilines is 1. The molecule has 0 saturated heterocycles. The van der Waals surface area contributed by atoms with Gasteiger partial charge in [0.25, 0.3) is 5.56 Å². The highest BCUT2D eigenvalue weighted by molar-refractivity contribution is 7.15. The molecule has 0 bridgehead atoms. The Kier molecular flexibility index (Phi) is 5.41. The van der Waals surface area contributed by atoms with Gasteiger partial charge in [-0.05, 0) is 25.8 Å². The number of hydrogen-bond donors (Lipinski definition) is 1. The highest BCUT2D eigenvalue weighted by atomic mass is 32.1. The Bertz CT molecular complexity index is 991. The highest BCUT2D eigenvalue weighted by Crippen LogP contribution is 2.27. The van der Waals surface area contributed by atoms with Gasteiger partial charge in [0.15, 0.2) is 0 Å². The minimum absolute atomic E-state index is 0.162. The van der Waals surface area contributed by atoms with Crippen LogP contribution in [-0.2, 0) is 11.3 Å². The lowest BCUT2D eigenvalue weighted by Crippen LogP contribution is -2.30. The number of nitrogens with one attached hydrogen (secondary N) is 1. The van der Waals surface area contributed by atoms with Crippen molar-refractivity contribution in [3.8, 4) is 0 Å². The predicted octanol–water partition coefficient (Wildman–Crippen LogP) is 3.10. The van der Waals surface area contributed by atoms with E-state index in [0.717, 1.165) is 23.2 Å². The van der Waals surface area contributed by atoms with Gasteiger partial charge in [0.1, 0.15) is 11.6 Å². The van der Waals surface area contributed by atoms with E-state index in [4.69, 9.17) is 0 Å². The van der Waals surface area contributed by atoms with Crippen molar-refractivity contribution in [1.29, 1.82) is 0 Å². The average molecular weight is 371 g/mol. The van der Waals surface area contributed by atoms with Crippen molar-refractivity contribution < 1.29 is 4.79 Å². The number of fused-ring (bicyclic) bond motifs is 1. The topological polar surface area (TPSA) is 89.8 Å². The van der Waals surface area contributed by atoms with Crippen molar-refractivity contribution in [2.45, 2.75) is 46.1 Å². The van der Waals surface area contributed by atoms with Crippen molar-refractivity contribution in [3.63, 3.8) is 0 Å². The Morgan fingerprint density at radius 3 is 2.58 bits per heavy atom. The molecule has 3 aromatic rings. The maximum atomic E-state index is 12.5. The lowest BCUT2D eigenvalue weighted by atomic mass is 10.1. The fraction of sp³-hybridized carbons (Fsp3) is 0.389. The van der Waals surface area contributed by atoms with Crippen LogP contribution in [-0.4, -0.2) is 25.9 Å². The molecule has 8 heteroatoms. The normalized spacial score (nSPS) is 11.2. The second-order valence-electron chi connectivity index (χ2n) is 6.10. The van der Waals surface area contributed by atoms with Gasteiger partial charge < -0.3 is 0 Å². The van der Waals surface area contributed by atoms with Gasteiger partial charge in [-0.25, -0.2) is 4.68 Å². The summed E-state index contributed by atoms with van der Waals surface area (Å²) in [5.41, 5.74) is 0.427. The number of benzene rings is 1. The number of hydrogen-bond acceptors (Lipinski definition) is 6. The SMILES string of the molecule is CCC(CC)c1nnc(NC(=O)Cn2nc(C)c3ccccc3c2=O)s1. The third-order valence-corrected chi connectivity index (χ3v) is 5.37. The predicted molar refractivity (Wildman–Crippen MR) is 103 cm³/mol. The maximum absolute atomic E-state index is 12.5. The van der Waals surface area contributed by atoms with Crippen LogP contribution in [0.1, 0.15) is 43.3 Å². The summed E-state index contributed by atoms with van der Waals surface area (Å²) in [5, 5.41) is 17.9. The molecule has 136 valence electrons. The third kappa shape index (κ3) is 3.65. The van der Waals surface area contributed by atoms with E-state index in [2.05, 4.69) is 34.5 Å². The summed E-state index contributed by atoms with van der Waals surface area (Å²) in [5.74, 6) is 0.00658. The Labute approximate surface area is 155 Å². The van der Waals surface area contributed by atoms with E-state index in [0.29, 0.717) is 22.1 Å². The Morgan fingerprint density at radius 2 is 1.88 bits per heavy atom. The first-order chi connectivity index (χ1) is 12.5. The van der Waals surface area contributed by atoms with Crippen LogP contribution in [0.3, 0.4) is 0 Å². The van der Waals surface area contributed by atoms with Crippen molar-refractivity contribution in [2.75, 3.05) is 5.32 Å². The molecule has 0 aliphatic rings. The first kappa shape index (κ1) is 18.2. The fourth-order valence-corrected chi connectivity index (χ4v) is 3.92. The monoisotopic (exact) mass is 371 g/mol. The van der Waals surface area contributed by atoms with Gasteiger partial charge in [-0.15, -0.1) is 10.2 Å². The van der Waals surface area contributed by atoms with Crippen molar-refractivity contribution >= 4 is 33.1 Å². The van der Waals surface area contributed by atoms with E-state index >= 15 is 0 Å². The minimum Gasteiger partial charge on any atom is -0.299 e. The summed E-state index contributed by atoms with van der Waals surface area (Å²) in [7, 11) is 0. The lowest BCUT2D eigenvalue weighted by Gasteiger charge is -2.08. The van der Waals surface area contributed by atoms with Crippen LogP contribution in [0.4, 0.5) is 5.13 Å². The molecule has 26 heavy (non-hydrogen) atoms. The standard InChI is InChI=1S/C18H21N5O2S/c1-4-12(5-2)16-20-21-18(26-16)19-15(24)10-23-17(25)14-9-7-6-8-13(14)11(3)22-23/h6-9,12H,4-5,10H2,1-3H3,(H,19,21,24). The fourth-order valence-electron chi connectivity index (χ4n) is 2.89. The molecule has 7 nitrogen and oxygen atoms in total. The molecule has 2 aromatic heterocycles. The van der Waals surface area contributed by atoms with Crippen molar-refractivity contribution in [1.82, 2.24) is 20.0 Å². The molecule has 0 aliphatic carbocycles. The van der Waals surface area contributed by atoms with E-state index in [9.17, 15) is 9.59 Å². The van der Waals surface area contributed by atoms with E-state index in [-0.39, 0.29) is 18.0 Å². The zero-order chi connectivity index (χ0) is 18.7. The third-order valence-electron chi connectivity index (χ3n) is 4.37. The molecule has 0 fully saturated rings. The zero-order valence-corrected chi connectivity index (χ0v) is 15.8. The number of rotatable bonds is 6. The smallest absolute Gasteiger partial charge is 0.275 e. The van der Waals surface area contributed by atoms with Gasteiger partial charge >= 0.3 is 0 Å². The number of amides is 1. The summed E-state index contributed by atoms with van der Waals surface area (Å²) >= 11 is 1.38. The molecule has 0 saturated carbocycles. The molecule has 1 amide bonds. The van der Waals surface area contributed by atoms with Gasteiger partial charge in [-0.3, -0.25) is 14.9 Å². The van der Waals surface area contributed by atoms with Gasteiger partial charge in [0.05, 0.1) is 11.1 Å². The maximum Gasteiger partial charge on any atom is 0.275 e. The Balaban J connectivity index is 1.78. The van der Waals surface area contributed by atoms with Gasteiger partial charge in [0, 0.05) is 11.3 Å². The molecule has 0 aliphatic heterocycles. The number of nitrogens with zero attached hydrogens (tertiary/aromatic N) is 4. The van der Waals surface area contributed by atoms with Gasteiger partial charge in [-0.2, -0.15) is 5.10 Å². The summed E-state index contributed by atoms with van der Waals surface area (Å²) in [6, 6.07) is 7.26. The summed E-state index contributed by atoms with van der Waals surface area (Å²) in [4.78, 5) is 24.9. The molecule has 0 spiro atoms. The van der Waals surface area contributed by atoms with Crippen LogP contribution in [0, 0.1) is 6.92 Å². The van der Waals surface area contributed by atoms with Crippen LogP contribution >= 0.6 is 11.3 Å². The zero-order valence-electron chi connectivity index (χ0n) is 15.0. The molecule has 0 unspecified atom stereocenters.